The van der Waals surface area contributed by atoms with E-state index in [1.54, 1.807) is 14.1 Å². The molecule has 70 valence electrons. The van der Waals surface area contributed by atoms with Gasteiger partial charge in [-0.2, -0.15) is 0 Å². The van der Waals surface area contributed by atoms with Crippen LogP contribution in [0.5, 0.6) is 0 Å². The quantitative estimate of drug-likeness (QED) is 0.588. The van der Waals surface area contributed by atoms with Crippen molar-refractivity contribution in [3.63, 3.8) is 0 Å². The molecule has 0 spiro atoms. The molecule has 0 bridgehead atoms. The molecule has 0 rings (SSSR count). The Labute approximate surface area is 71.1 Å². The second-order valence-electron chi connectivity index (χ2n) is 3.12. The zero-order chi connectivity index (χ0) is 9.94. The summed E-state index contributed by atoms with van der Waals surface area (Å²) in [6.45, 7) is 1.46. The molecule has 3 N–H and O–H groups in total. The number of aliphatic carboxylic acids is 1. The van der Waals surface area contributed by atoms with Gasteiger partial charge in [0.15, 0.2) is 0 Å². The summed E-state index contributed by atoms with van der Waals surface area (Å²) in [7, 11) is 3.19. The van der Waals surface area contributed by atoms with Crippen LogP contribution in [0, 0.1) is 0 Å². The number of likely N-dealkylation sites (N-methyl/N-ethyl adjacent to an activating group) is 1. The summed E-state index contributed by atoms with van der Waals surface area (Å²) in [5.41, 5.74) is 3.72. The molecule has 1 amide bonds. The maximum atomic E-state index is 10.7. The van der Waals surface area contributed by atoms with Crippen molar-refractivity contribution in [3.05, 3.63) is 0 Å². The zero-order valence-electron chi connectivity index (χ0n) is 7.50. The summed E-state index contributed by atoms with van der Waals surface area (Å²) in [5.74, 6) is -1.67. The zero-order valence-corrected chi connectivity index (χ0v) is 7.50. The van der Waals surface area contributed by atoms with Gasteiger partial charge in [0, 0.05) is 0 Å². The lowest BCUT2D eigenvalue weighted by molar-refractivity contribution is -0.151. The number of carbonyl (C=O) groups excluding carboxylic acids is 1. The number of carbonyl (C=O) groups is 2. The number of hydrogen-bond donors (Lipinski definition) is 2. The van der Waals surface area contributed by atoms with E-state index < -0.39 is 17.4 Å². The van der Waals surface area contributed by atoms with Crippen LogP contribution in [0.4, 0.5) is 0 Å². The van der Waals surface area contributed by atoms with Crippen molar-refractivity contribution in [2.75, 3.05) is 14.1 Å². The van der Waals surface area contributed by atoms with Crippen LogP contribution in [0.1, 0.15) is 13.3 Å². The Morgan fingerprint density at radius 2 is 1.92 bits per heavy atom. The average molecular weight is 174 g/mol. The van der Waals surface area contributed by atoms with Gasteiger partial charge in [0.2, 0.25) is 5.91 Å². The SMILES string of the molecule is CN(C)[C@@](C)(CC(N)=O)C(=O)O. The fourth-order valence-corrected chi connectivity index (χ4v) is 0.764. The summed E-state index contributed by atoms with van der Waals surface area (Å²) in [6.07, 6.45) is -0.185. The van der Waals surface area contributed by atoms with Gasteiger partial charge in [0.1, 0.15) is 5.54 Å². The maximum Gasteiger partial charge on any atom is 0.324 e. The molecule has 0 fully saturated rings. The number of nitrogens with zero attached hydrogens (tertiary/aromatic N) is 1. The Bertz CT molecular complexity index is 203. The summed E-state index contributed by atoms with van der Waals surface area (Å²) < 4.78 is 0. The van der Waals surface area contributed by atoms with E-state index in [2.05, 4.69) is 0 Å². The maximum absolute atomic E-state index is 10.7. The first-order valence-corrected chi connectivity index (χ1v) is 3.50. The molecule has 5 heteroatoms. The summed E-state index contributed by atoms with van der Waals surface area (Å²) in [6, 6.07) is 0. The summed E-state index contributed by atoms with van der Waals surface area (Å²) >= 11 is 0. The van der Waals surface area contributed by atoms with E-state index in [0.29, 0.717) is 0 Å². The van der Waals surface area contributed by atoms with Crippen LogP contribution in [0.3, 0.4) is 0 Å². The largest absolute Gasteiger partial charge is 0.480 e. The van der Waals surface area contributed by atoms with Crippen molar-refractivity contribution in [2.45, 2.75) is 18.9 Å². The van der Waals surface area contributed by atoms with Gasteiger partial charge in [-0.25, -0.2) is 0 Å². The Morgan fingerprint density at radius 3 is 2.00 bits per heavy atom. The standard InChI is InChI=1S/C7H14N2O3/c1-7(6(11)12,9(2)3)4-5(8)10/h4H2,1-3H3,(H2,8,10)(H,11,12)/t7-/m0/s1. The lowest BCUT2D eigenvalue weighted by Crippen LogP contribution is -2.50. The molecule has 0 aliphatic carbocycles. The highest BCUT2D eigenvalue weighted by Crippen LogP contribution is 2.15. The van der Waals surface area contributed by atoms with Gasteiger partial charge in [-0.1, -0.05) is 0 Å². The number of hydrogen-bond acceptors (Lipinski definition) is 3. The van der Waals surface area contributed by atoms with Crippen LogP contribution in [0.25, 0.3) is 0 Å². The van der Waals surface area contributed by atoms with E-state index >= 15 is 0 Å². The molecule has 0 aromatic carbocycles. The fourth-order valence-electron chi connectivity index (χ4n) is 0.764. The number of primary amides is 1. The predicted molar refractivity (Wildman–Crippen MR) is 43.5 cm³/mol. The first kappa shape index (κ1) is 10.9. The molecular formula is C7H14N2O3. The highest BCUT2D eigenvalue weighted by molar-refractivity contribution is 5.86. The third-order valence-electron chi connectivity index (χ3n) is 1.97. The highest BCUT2D eigenvalue weighted by Gasteiger charge is 2.37. The first-order chi connectivity index (χ1) is 5.30. The predicted octanol–water partition coefficient (Wildman–Crippen LogP) is -0.733. The third-order valence-corrected chi connectivity index (χ3v) is 1.97. The van der Waals surface area contributed by atoms with Crippen molar-refractivity contribution >= 4 is 11.9 Å². The molecule has 5 nitrogen and oxygen atoms in total. The van der Waals surface area contributed by atoms with Crippen LogP contribution >= 0.6 is 0 Å². The van der Waals surface area contributed by atoms with E-state index in [1.165, 1.54) is 11.8 Å². The highest BCUT2D eigenvalue weighted by atomic mass is 16.4. The minimum Gasteiger partial charge on any atom is -0.480 e. The molecule has 0 unspecified atom stereocenters. The monoisotopic (exact) mass is 174 g/mol. The van der Waals surface area contributed by atoms with Crippen molar-refractivity contribution in [1.82, 2.24) is 4.90 Å². The molecule has 1 atom stereocenters. The number of carboxylic acid groups (broad SMARTS) is 1. The Morgan fingerprint density at radius 1 is 1.50 bits per heavy atom. The van der Waals surface area contributed by atoms with Crippen molar-refractivity contribution in [3.8, 4) is 0 Å². The fraction of sp³-hybridized carbons (Fsp3) is 0.714. The van der Waals surface area contributed by atoms with E-state index in [4.69, 9.17) is 10.8 Å². The molecule has 0 aliphatic heterocycles. The van der Waals surface area contributed by atoms with Gasteiger partial charge in [-0.05, 0) is 21.0 Å². The van der Waals surface area contributed by atoms with Crippen molar-refractivity contribution < 1.29 is 14.7 Å². The van der Waals surface area contributed by atoms with E-state index in [1.807, 2.05) is 0 Å². The molecular weight excluding hydrogens is 160 g/mol. The number of nitrogens with two attached hydrogens (primary N) is 1. The molecule has 0 heterocycles. The van der Waals surface area contributed by atoms with Crippen LogP contribution in [-0.2, 0) is 9.59 Å². The van der Waals surface area contributed by atoms with Gasteiger partial charge < -0.3 is 10.8 Å². The van der Waals surface area contributed by atoms with Gasteiger partial charge in [-0.3, -0.25) is 14.5 Å². The van der Waals surface area contributed by atoms with Gasteiger partial charge in [-0.15, -0.1) is 0 Å². The van der Waals surface area contributed by atoms with Crippen LogP contribution in [-0.4, -0.2) is 41.5 Å². The summed E-state index contributed by atoms with van der Waals surface area (Å²) in [4.78, 5) is 22.8. The smallest absolute Gasteiger partial charge is 0.324 e. The minimum absolute atomic E-state index is 0.185. The van der Waals surface area contributed by atoms with Crippen molar-refractivity contribution in [1.29, 1.82) is 0 Å². The molecule has 0 aliphatic rings. The van der Waals surface area contributed by atoms with Gasteiger partial charge in [0.25, 0.3) is 0 Å². The molecule has 0 aromatic heterocycles. The Hall–Kier alpha value is -1.10. The minimum atomic E-state index is -1.20. The van der Waals surface area contributed by atoms with E-state index in [-0.39, 0.29) is 6.42 Å². The Kier molecular flexibility index (Phi) is 3.21. The lowest BCUT2D eigenvalue weighted by atomic mass is 9.96. The topological polar surface area (TPSA) is 83.6 Å². The Balaban J connectivity index is 4.62. The molecule has 12 heavy (non-hydrogen) atoms. The van der Waals surface area contributed by atoms with Crippen LogP contribution < -0.4 is 5.73 Å². The normalized spacial score (nSPS) is 15.7. The van der Waals surface area contributed by atoms with Crippen LogP contribution in [0.15, 0.2) is 0 Å². The summed E-state index contributed by atoms with van der Waals surface area (Å²) in [5, 5.41) is 8.80. The van der Waals surface area contributed by atoms with Gasteiger partial charge >= 0.3 is 5.97 Å². The second kappa shape index (κ2) is 3.53. The molecule has 0 saturated carbocycles. The number of rotatable bonds is 4. The van der Waals surface area contributed by atoms with Crippen LogP contribution in [0.2, 0.25) is 0 Å². The van der Waals surface area contributed by atoms with E-state index in [0.717, 1.165) is 0 Å². The first-order valence-electron chi connectivity index (χ1n) is 3.50. The van der Waals surface area contributed by atoms with Gasteiger partial charge in [0.05, 0.1) is 6.42 Å². The molecule has 0 saturated heterocycles. The third kappa shape index (κ3) is 2.20. The molecule has 0 radical (unpaired) electrons. The second-order valence-corrected chi connectivity index (χ2v) is 3.12. The lowest BCUT2D eigenvalue weighted by Gasteiger charge is -2.30. The number of amides is 1. The van der Waals surface area contributed by atoms with E-state index in [9.17, 15) is 9.59 Å². The molecule has 0 aromatic rings. The number of carboxylic acids is 1. The van der Waals surface area contributed by atoms with Crippen molar-refractivity contribution in [2.24, 2.45) is 5.73 Å². The average Bonchev–Trinajstić information content (AvgIpc) is 1.84.